The van der Waals surface area contributed by atoms with Crippen LogP contribution in [0.5, 0.6) is 0 Å². The molecular weight excluding hydrogens is 370 g/mol. The maximum Gasteiger partial charge on any atom is 0.278 e. The van der Waals surface area contributed by atoms with Gasteiger partial charge in [0.15, 0.2) is 0 Å². The van der Waals surface area contributed by atoms with Crippen molar-refractivity contribution in [2.24, 2.45) is 0 Å². The van der Waals surface area contributed by atoms with E-state index < -0.39 is 0 Å². The molecule has 0 radical (unpaired) electrons. The van der Waals surface area contributed by atoms with E-state index in [-0.39, 0.29) is 18.4 Å². The lowest BCUT2D eigenvalue weighted by Crippen LogP contribution is -2.31. The monoisotopic (exact) mass is 389 g/mol. The van der Waals surface area contributed by atoms with Crippen LogP contribution in [0, 0.1) is 13.8 Å². The van der Waals surface area contributed by atoms with E-state index in [1.807, 2.05) is 43.5 Å². The van der Waals surface area contributed by atoms with Gasteiger partial charge in [-0.15, -0.1) is 11.3 Å². The number of hydrogen-bond acceptors (Lipinski definition) is 5. The highest BCUT2D eigenvalue weighted by atomic mass is 32.1. The highest BCUT2D eigenvalue weighted by Crippen LogP contribution is 2.33. The fourth-order valence-electron chi connectivity index (χ4n) is 3.35. The second-order valence-electron chi connectivity index (χ2n) is 6.78. The highest BCUT2D eigenvalue weighted by Gasteiger charge is 2.39. The first-order chi connectivity index (χ1) is 13.5. The van der Waals surface area contributed by atoms with Crippen molar-refractivity contribution in [1.29, 1.82) is 0 Å². The number of imide groups is 1. The summed E-state index contributed by atoms with van der Waals surface area (Å²) in [6.07, 6.45) is 3.31. The molecule has 2 aromatic heterocycles. The number of nitrogens with one attached hydrogen (secondary N) is 1. The Bertz CT molecular complexity index is 1050. The third-order valence-electron chi connectivity index (χ3n) is 4.52. The van der Waals surface area contributed by atoms with Gasteiger partial charge in [0.1, 0.15) is 5.70 Å². The minimum absolute atomic E-state index is 0.215. The van der Waals surface area contributed by atoms with E-state index in [0.29, 0.717) is 11.3 Å². The van der Waals surface area contributed by atoms with Crippen molar-refractivity contribution < 1.29 is 9.59 Å². The average Bonchev–Trinajstić information content (AvgIpc) is 3.25. The number of pyridine rings is 1. The number of amides is 2. The second kappa shape index (κ2) is 7.40. The molecule has 5 nitrogen and oxygen atoms in total. The Morgan fingerprint density at radius 3 is 2.36 bits per heavy atom. The molecule has 0 unspecified atom stereocenters. The third-order valence-corrected chi connectivity index (χ3v) is 5.40. The zero-order valence-electron chi connectivity index (χ0n) is 15.6. The van der Waals surface area contributed by atoms with Crippen molar-refractivity contribution in [1.82, 2.24) is 9.88 Å². The molecule has 140 valence electrons. The first kappa shape index (κ1) is 18.1. The van der Waals surface area contributed by atoms with Crippen LogP contribution in [-0.4, -0.2) is 21.7 Å². The van der Waals surface area contributed by atoms with Gasteiger partial charge in [0.05, 0.1) is 12.1 Å². The third kappa shape index (κ3) is 3.46. The van der Waals surface area contributed by atoms with Gasteiger partial charge < -0.3 is 5.32 Å². The van der Waals surface area contributed by atoms with Gasteiger partial charge in [-0.3, -0.25) is 19.5 Å². The van der Waals surface area contributed by atoms with Crippen molar-refractivity contribution in [3.8, 4) is 0 Å². The molecule has 1 N–H and O–H groups in total. The zero-order chi connectivity index (χ0) is 19.7. The molecule has 0 atom stereocenters. The summed E-state index contributed by atoms with van der Waals surface area (Å²) in [5.74, 6) is -0.597. The number of rotatable bonds is 5. The van der Waals surface area contributed by atoms with Crippen LogP contribution in [-0.2, 0) is 16.1 Å². The first-order valence-electron chi connectivity index (χ1n) is 8.91. The molecule has 1 aliphatic rings. The Morgan fingerprint density at radius 1 is 1.00 bits per heavy atom. The number of benzene rings is 1. The van der Waals surface area contributed by atoms with Gasteiger partial charge in [-0.25, -0.2) is 0 Å². The number of aromatic nitrogens is 1. The number of carbonyl (C=O) groups is 2. The van der Waals surface area contributed by atoms with E-state index in [1.54, 1.807) is 24.5 Å². The molecule has 3 heterocycles. The quantitative estimate of drug-likeness (QED) is 0.666. The molecule has 0 aliphatic carbocycles. The van der Waals surface area contributed by atoms with Crippen molar-refractivity contribution >= 4 is 34.4 Å². The summed E-state index contributed by atoms with van der Waals surface area (Å²) < 4.78 is 0. The molecular formula is C22H19N3O2S. The predicted octanol–water partition coefficient (Wildman–Crippen LogP) is 4.15. The minimum Gasteiger partial charge on any atom is -0.350 e. The number of carbonyl (C=O) groups excluding carboxylic acids is 2. The molecule has 0 fully saturated rings. The van der Waals surface area contributed by atoms with E-state index in [2.05, 4.69) is 16.4 Å². The molecule has 0 saturated carbocycles. The van der Waals surface area contributed by atoms with Crippen LogP contribution in [0.3, 0.4) is 0 Å². The number of nitrogens with zero attached hydrogens (tertiary/aromatic N) is 2. The van der Waals surface area contributed by atoms with Crippen molar-refractivity contribution in [2.75, 3.05) is 5.32 Å². The number of thiophene rings is 1. The number of hydrogen-bond donors (Lipinski definition) is 1. The predicted molar refractivity (Wildman–Crippen MR) is 111 cm³/mol. The minimum atomic E-state index is -0.315. The smallest absolute Gasteiger partial charge is 0.278 e. The molecule has 0 bridgehead atoms. The molecule has 0 saturated heterocycles. The Balaban J connectivity index is 1.73. The van der Waals surface area contributed by atoms with Crippen LogP contribution in [0.25, 0.3) is 5.57 Å². The zero-order valence-corrected chi connectivity index (χ0v) is 16.4. The number of aryl methyl sites for hydroxylation is 2. The maximum atomic E-state index is 13.2. The van der Waals surface area contributed by atoms with Crippen molar-refractivity contribution in [3.05, 3.63) is 87.5 Å². The van der Waals surface area contributed by atoms with Crippen LogP contribution in [0.2, 0.25) is 0 Å². The van der Waals surface area contributed by atoms with Crippen molar-refractivity contribution in [3.63, 3.8) is 0 Å². The van der Waals surface area contributed by atoms with Crippen LogP contribution in [0.15, 0.2) is 65.9 Å². The average molecular weight is 389 g/mol. The largest absolute Gasteiger partial charge is 0.350 e. The molecule has 1 aliphatic heterocycles. The molecule has 6 heteroatoms. The van der Waals surface area contributed by atoms with E-state index in [9.17, 15) is 9.59 Å². The lowest BCUT2D eigenvalue weighted by atomic mass is 10.1. The molecule has 0 spiro atoms. The summed E-state index contributed by atoms with van der Waals surface area (Å²) in [6.45, 7) is 4.22. The first-order valence-corrected chi connectivity index (χ1v) is 9.79. The van der Waals surface area contributed by atoms with Gasteiger partial charge in [0, 0.05) is 23.0 Å². The fraction of sp³-hybridized carbons (Fsp3) is 0.136. The van der Waals surface area contributed by atoms with E-state index in [1.165, 1.54) is 16.2 Å². The van der Waals surface area contributed by atoms with Gasteiger partial charge >= 0.3 is 0 Å². The summed E-state index contributed by atoms with van der Waals surface area (Å²) in [5.41, 5.74) is 4.58. The molecule has 28 heavy (non-hydrogen) atoms. The van der Waals surface area contributed by atoms with E-state index in [0.717, 1.165) is 27.3 Å². The summed E-state index contributed by atoms with van der Waals surface area (Å²) in [5, 5.41) is 5.12. The fourth-order valence-corrected chi connectivity index (χ4v) is 4.12. The highest BCUT2D eigenvalue weighted by molar-refractivity contribution is 7.11. The summed E-state index contributed by atoms with van der Waals surface area (Å²) in [6, 6.07) is 13.4. The second-order valence-corrected chi connectivity index (χ2v) is 7.73. The van der Waals surface area contributed by atoms with Crippen LogP contribution in [0.1, 0.15) is 21.6 Å². The normalized spacial score (nSPS) is 14.1. The maximum absolute atomic E-state index is 13.2. The summed E-state index contributed by atoms with van der Waals surface area (Å²) in [4.78, 5) is 32.4. The Hall–Kier alpha value is -3.25. The molecule has 4 rings (SSSR count). The Morgan fingerprint density at radius 2 is 1.71 bits per heavy atom. The van der Waals surface area contributed by atoms with E-state index >= 15 is 0 Å². The Kier molecular flexibility index (Phi) is 4.79. The van der Waals surface area contributed by atoms with Gasteiger partial charge in [0.25, 0.3) is 11.8 Å². The number of anilines is 1. The van der Waals surface area contributed by atoms with Crippen LogP contribution in [0.4, 0.5) is 5.69 Å². The lowest BCUT2D eigenvalue weighted by molar-refractivity contribution is -0.137. The topological polar surface area (TPSA) is 62.3 Å². The summed E-state index contributed by atoms with van der Waals surface area (Å²) >= 11 is 1.45. The van der Waals surface area contributed by atoms with Crippen LogP contribution >= 0.6 is 11.3 Å². The van der Waals surface area contributed by atoms with Gasteiger partial charge in [-0.1, -0.05) is 12.1 Å². The SMILES string of the molecule is Cc1cc(C)cc(NC2=C(c3cccs3)C(=O)N(Cc3ccncc3)C2=O)c1. The van der Waals surface area contributed by atoms with Crippen LogP contribution < -0.4 is 5.32 Å². The molecule has 1 aromatic carbocycles. The molecule has 2 amide bonds. The Labute approximate surface area is 167 Å². The van der Waals surface area contributed by atoms with Gasteiger partial charge in [-0.05, 0) is 66.2 Å². The van der Waals surface area contributed by atoms with Gasteiger partial charge in [0.2, 0.25) is 0 Å². The lowest BCUT2D eigenvalue weighted by Gasteiger charge is -2.15. The molecule has 3 aromatic rings. The van der Waals surface area contributed by atoms with E-state index in [4.69, 9.17) is 0 Å². The standard InChI is InChI=1S/C22H19N3O2S/c1-14-10-15(2)12-17(11-14)24-20-19(18-4-3-9-28-18)21(26)25(22(20)27)13-16-5-7-23-8-6-16/h3-12,24H,13H2,1-2H3. The van der Waals surface area contributed by atoms with Gasteiger partial charge in [-0.2, -0.15) is 0 Å². The van der Waals surface area contributed by atoms with Crippen molar-refractivity contribution in [2.45, 2.75) is 20.4 Å². The summed E-state index contributed by atoms with van der Waals surface area (Å²) in [7, 11) is 0.